The minimum atomic E-state index is -1.17. The molecule has 212 valence electrons. The van der Waals surface area contributed by atoms with Gasteiger partial charge in [-0.25, -0.2) is 4.39 Å². The van der Waals surface area contributed by atoms with Gasteiger partial charge in [0.25, 0.3) is 0 Å². The number of carbonyl (C=O) groups excluding carboxylic acids is 2. The first-order chi connectivity index (χ1) is 19.3. The molecule has 2 saturated carbocycles. The van der Waals surface area contributed by atoms with Crippen LogP contribution in [-0.4, -0.2) is 55.8 Å². The van der Waals surface area contributed by atoms with Crippen LogP contribution < -0.4 is 4.90 Å². The number of morpholine rings is 1. The summed E-state index contributed by atoms with van der Waals surface area (Å²) in [5.74, 6) is 6.45. The molecule has 1 unspecified atom stereocenters. The van der Waals surface area contributed by atoms with Crippen molar-refractivity contribution in [1.29, 1.82) is 0 Å². The lowest BCUT2D eigenvalue weighted by Gasteiger charge is -2.55. The molecule has 4 aliphatic carbocycles. The molecule has 0 amide bonds. The lowest BCUT2D eigenvalue weighted by Crippen LogP contribution is -2.51. The highest BCUT2D eigenvalue weighted by atomic mass is 19.1. The first-order valence-electron chi connectivity index (χ1n) is 15.0. The lowest BCUT2D eigenvalue weighted by atomic mass is 9.48. The van der Waals surface area contributed by atoms with Crippen LogP contribution in [0.25, 0.3) is 0 Å². The van der Waals surface area contributed by atoms with E-state index in [1.165, 1.54) is 16.8 Å². The normalized spacial score (nSPS) is 35.2. The molecule has 40 heavy (non-hydrogen) atoms. The van der Waals surface area contributed by atoms with E-state index in [0.717, 1.165) is 44.7 Å². The number of anilines is 1. The number of Topliss-reactive ketones (excluding diaryl/α,β-unsaturated/α-hetero) is 1. The molecular formula is C34H40FNO4. The summed E-state index contributed by atoms with van der Waals surface area (Å²) in [6, 6.07) is 8.78. The fourth-order valence-corrected chi connectivity index (χ4v) is 8.93. The fraction of sp³-hybridized carbons (Fsp3) is 0.588. The fourth-order valence-electron chi connectivity index (χ4n) is 8.93. The van der Waals surface area contributed by atoms with E-state index in [-0.39, 0.29) is 35.9 Å². The predicted octanol–water partition coefficient (Wildman–Crippen LogP) is 5.33. The first kappa shape index (κ1) is 27.4. The number of nitrogens with zero attached hydrogens (tertiary/aromatic N) is 1. The van der Waals surface area contributed by atoms with Gasteiger partial charge in [0.1, 0.15) is 12.8 Å². The summed E-state index contributed by atoms with van der Waals surface area (Å²) in [5, 5.41) is 9.62. The van der Waals surface area contributed by atoms with Crippen LogP contribution in [0.5, 0.6) is 0 Å². The summed E-state index contributed by atoms with van der Waals surface area (Å²) in [6.07, 6.45) is 4.36. The van der Waals surface area contributed by atoms with Gasteiger partial charge in [0, 0.05) is 37.5 Å². The average molecular weight is 546 g/mol. The third-order valence-electron chi connectivity index (χ3n) is 10.8. The Morgan fingerprint density at radius 2 is 1.95 bits per heavy atom. The number of fused-ring (bicyclic) bond motifs is 4. The Kier molecular flexibility index (Phi) is 7.25. The summed E-state index contributed by atoms with van der Waals surface area (Å²) in [5.41, 5.74) is 3.99. The molecule has 0 spiro atoms. The molecule has 0 aromatic heterocycles. The zero-order valence-corrected chi connectivity index (χ0v) is 23.7. The third-order valence-corrected chi connectivity index (χ3v) is 10.8. The second-order valence-electron chi connectivity index (χ2n) is 12.5. The van der Waals surface area contributed by atoms with Crippen LogP contribution >= 0.6 is 0 Å². The highest BCUT2D eigenvalue weighted by molar-refractivity contribution is 5.93. The van der Waals surface area contributed by atoms with Gasteiger partial charge < -0.3 is 14.7 Å². The second kappa shape index (κ2) is 10.6. The smallest absolute Gasteiger partial charge is 0.156 e. The minimum Gasteiger partial charge on any atom is -0.384 e. The number of hydrogen-bond acceptors (Lipinski definition) is 5. The summed E-state index contributed by atoms with van der Waals surface area (Å²) < 4.78 is 21.4. The molecule has 1 aromatic carbocycles. The molecule has 1 aromatic rings. The molecule has 1 heterocycles. The summed E-state index contributed by atoms with van der Waals surface area (Å²) in [4.78, 5) is 28.4. The maximum atomic E-state index is 15.9. The molecule has 5 aliphatic rings. The van der Waals surface area contributed by atoms with Crippen molar-refractivity contribution in [2.45, 2.75) is 70.9 Å². The molecule has 0 bridgehead atoms. The number of allylic oxidation sites excluding steroid dienone is 4. The van der Waals surface area contributed by atoms with Gasteiger partial charge in [-0.2, -0.15) is 0 Å². The van der Waals surface area contributed by atoms with Crippen LogP contribution in [-0.2, 0) is 14.3 Å². The van der Waals surface area contributed by atoms with Gasteiger partial charge in [-0.3, -0.25) is 9.59 Å². The number of aliphatic hydroxyl groups excluding tert-OH is 1. The van der Waals surface area contributed by atoms with Crippen LogP contribution in [0.15, 0.2) is 47.1 Å². The van der Waals surface area contributed by atoms with E-state index in [1.54, 1.807) is 6.08 Å². The highest BCUT2D eigenvalue weighted by Crippen LogP contribution is 2.70. The van der Waals surface area contributed by atoms with Gasteiger partial charge in [0.05, 0.1) is 18.6 Å². The van der Waals surface area contributed by atoms with Crippen molar-refractivity contribution < 1.29 is 23.8 Å². The van der Waals surface area contributed by atoms with Crippen molar-refractivity contribution in [3.05, 3.63) is 52.6 Å². The Morgan fingerprint density at radius 3 is 2.65 bits per heavy atom. The SMILES string of the molecule is CCC(=O)[C@@]1(C#CCO)CC[C@H]2[C@@H]3CC(F)C4=CC(=O)CCC4=C3[C@@H](c3ccc(N4CCOCC4)cc3)C[C@@]21C. The van der Waals surface area contributed by atoms with Crippen molar-refractivity contribution >= 4 is 17.3 Å². The topological polar surface area (TPSA) is 66.8 Å². The van der Waals surface area contributed by atoms with E-state index < -0.39 is 17.0 Å². The number of hydrogen-bond donors (Lipinski definition) is 1. The number of alkyl halides is 1. The van der Waals surface area contributed by atoms with E-state index in [2.05, 4.69) is 47.9 Å². The molecule has 5 nitrogen and oxygen atoms in total. The Labute approximate surface area is 236 Å². The maximum Gasteiger partial charge on any atom is 0.156 e. The molecule has 1 aliphatic heterocycles. The van der Waals surface area contributed by atoms with Gasteiger partial charge in [0.15, 0.2) is 11.6 Å². The quantitative estimate of drug-likeness (QED) is 0.518. The molecule has 0 radical (unpaired) electrons. The summed E-state index contributed by atoms with van der Waals surface area (Å²) >= 11 is 0. The number of ketones is 2. The van der Waals surface area contributed by atoms with Crippen molar-refractivity contribution in [1.82, 2.24) is 0 Å². The van der Waals surface area contributed by atoms with Gasteiger partial charge in [-0.15, -0.1) is 0 Å². The second-order valence-corrected chi connectivity index (χ2v) is 12.5. The molecular weight excluding hydrogens is 505 g/mol. The van der Waals surface area contributed by atoms with E-state index >= 15 is 4.39 Å². The zero-order chi connectivity index (χ0) is 28.1. The van der Waals surface area contributed by atoms with E-state index in [9.17, 15) is 14.7 Å². The van der Waals surface area contributed by atoms with Crippen LogP contribution in [0.1, 0.15) is 70.3 Å². The van der Waals surface area contributed by atoms with Crippen molar-refractivity contribution in [3.8, 4) is 11.8 Å². The van der Waals surface area contributed by atoms with E-state index in [4.69, 9.17) is 4.74 Å². The summed E-state index contributed by atoms with van der Waals surface area (Å²) in [6.45, 7) is 7.01. The molecule has 3 fully saturated rings. The Hall–Kier alpha value is -2.75. The number of halogens is 1. The van der Waals surface area contributed by atoms with Crippen molar-refractivity contribution in [3.63, 3.8) is 0 Å². The number of carbonyl (C=O) groups is 2. The van der Waals surface area contributed by atoms with Crippen LogP contribution in [0.3, 0.4) is 0 Å². The number of rotatable bonds is 4. The Morgan fingerprint density at radius 1 is 1.20 bits per heavy atom. The van der Waals surface area contributed by atoms with Crippen molar-refractivity contribution in [2.75, 3.05) is 37.8 Å². The van der Waals surface area contributed by atoms with Gasteiger partial charge in [-0.05, 0) is 84.3 Å². The highest BCUT2D eigenvalue weighted by Gasteiger charge is 2.65. The minimum absolute atomic E-state index is 0.000444. The number of ether oxygens (including phenoxy) is 1. The molecule has 6 heteroatoms. The van der Waals surface area contributed by atoms with E-state index in [0.29, 0.717) is 37.7 Å². The first-order valence-corrected chi connectivity index (χ1v) is 15.0. The number of aliphatic hydroxyl groups is 1. The maximum absolute atomic E-state index is 15.9. The van der Waals surface area contributed by atoms with Gasteiger partial charge in [-0.1, -0.05) is 43.4 Å². The summed E-state index contributed by atoms with van der Waals surface area (Å²) in [7, 11) is 0. The van der Waals surface area contributed by atoms with Crippen molar-refractivity contribution in [2.24, 2.45) is 22.7 Å². The largest absolute Gasteiger partial charge is 0.384 e. The molecule has 6 atom stereocenters. The molecule has 6 rings (SSSR count). The van der Waals surface area contributed by atoms with Crippen LogP contribution in [0, 0.1) is 34.5 Å². The lowest BCUT2D eigenvalue weighted by molar-refractivity contribution is -0.132. The van der Waals surface area contributed by atoms with Gasteiger partial charge >= 0.3 is 0 Å². The Balaban J connectivity index is 1.49. The Bertz CT molecular complexity index is 1310. The van der Waals surface area contributed by atoms with E-state index in [1.807, 2.05) is 6.92 Å². The standard InChI is InChI=1S/C34H40FNO4/c1-3-31(39)34(12-4-16-37)13-11-29-27-20-30(35)26-19-24(38)9-10-25(26)32(27)28(21-33(29,34)2)22-5-7-23(8-6-22)36-14-17-40-18-15-36/h5-8,19,27-30,37H,3,9-11,13-18,20-21H2,1-2H3/t27-,28+,29-,30?,33-,34+/m0/s1. The zero-order valence-electron chi connectivity index (χ0n) is 23.7. The third kappa shape index (κ3) is 4.20. The number of benzene rings is 1. The van der Waals surface area contributed by atoms with Crippen LogP contribution in [0.2, 0.25) is 0 Å². The monoisotopic (exact) mass is 545 g/mol. The van der Waals surface area contributed by atoms with Crippen LogP contribution in [0.4, 0.5) is 10.1 Å². The average Bonchev–Trinajstić information content (AvgIpc) is 3.28. The van der Waals surface area contributed by atoms with Gasteiger partial charge in [0.2, 0.25) is 0 Å². The molecule has 1 N–H and O–H groups in total. The molecule has 1 saturated heterocycles. The predicted molar refractivity (Wildman–Crippen MR) is 153 cm³/mol.